The van der Waals surface area contributed by atoms with Gasteiger partial charge in [-0.3, -0.25) is 33.5 Å². The molecular weight excluding hydrogens is 1390 g/mol. The zero-order valence-corrected chi connectivity index (χ0v) is 61.9. The Morgan fingerprint density at radius 1 is 0.537 bits per heavy atom. The number of hydrogen-bond acceptors (Lipinski definition) is 15. The van der Waals surface area contributed by atoms with Crippen LogP contribution in [0.4, 0.5) is 4.39 Å². The Labute approximate surface area is 611 Å². The predicted molar refractivity (Wildman–Crippen MR) is 360 cm³/mol. The van der Waals surface area contributed by atoms with Crippen LogP contribution in [0.5, 0.6) is 0 Å². The first-order chi connectivity index (χ1) is 44.0. The Morgan fingerprint density at radius 3 is 1.26 bits per heavy atom. The Morgan fingerprint density at radius 2 is 0.884 bits per heavy atom. The Bertz CT molecular complexity index is 4870. The van der Waals surface area contributed by atoms with Crippen LogP contribution in [-0.4, -0.2) is 56.0 Å². The van der Waals surface area contributed by atoms with Gasteiger partial charge in [-0.1, -0.05) is 191 Å². The molecule has 0 aliphatic carbocycles. The number of fused-ring (bicyclic) bond motifs is 18. The van der Waals surface area contributed by atoms with Crippen molar-refractivity contribution in [3.05, 3.63) is 180 Å². The average molecular weight is 1460 g/mol. The second kappa shape index (κ2) is 33.2. The van der Waals surface area contributed by atoms with E-state index < -0.39 is 23.4 Å². The summed E-state index contributed by atoms with van der Waals surface area (Å²) in [6.45, 7) is 22.0. The number of allylic oxidation sites excluding steroid dienone is 2. The molecule has 10 aromatic carbocycles. The third-order valence-corrected chi connectivity index (χ3v) is 15.1. The molecule has 0 amide bonds. The summed E-state index contributed by atoms with van der Waals surface area (Å²) in [5.41, 5.74) is 5.22. The number of carbonyl (C=O) groups is 4. The maximum absolute atomic E-state index is 11.5. The summed E-state index contributed by atoms with van der Waals surface area (Å²) in [5.74, 6) is 0.146. The van der Waals surface area contributed by atoms with Crippen LogP contribution in [0.3, 0.4) is 0 Å². The van der Waals surface area contributed by atoms with Gasteiger partial charge in [-0.2, -0.15) is 21.0 Å². The molecule has 0 fully saturated rings. The van der Waals surface area contributed by atoms with Gasteiger partial charge in [0, 0.05) is 64.1 Å². The van der Waals surface area contributed by atoms with Gasteiger partial charge in [0.2, 0.25) is 0 Å². The van der Waals surface area contributed by atoms with E-state index in [9.17, 15) is 44.9 Å². The summed E-state index contributed by atoms with van der Waals surface area (Å²) in [7, 11) is -1.00. The monoisotopic (exact) mass is 1460 g/mol. The molecule has 0 aliphatic rings. The summed E-state index contributed by atoms with van der Waals surface area (Å²) >= 11 is 0. The first kappa shape index (κ1) is 77.2. The first-order valence-corrected chi connectivity index (χ1v) is 29.1. The number of ketones is 3. The fraction of sp³-hybridized carbons (Fsp3) is 0.237. The SMILES string of the molecule is CC(C)(C)C(=O)C=C(O)C(C)(C)C.CC(C)(C)C(=O)CC(=O)C(C)(C)C.N#Cc1cc2nc3c4[c-]cccc4c4ccc5ccccc5c4c3nc2cc1C#N.N#Cc1cc2nc3c4ccccc4c4ccc5ccccc5c4c3nc2cc1C#N.O=CO[O-].[2H]CF.[H-].[Ir].[Na+].[Na+]. The van der Waals surface area contributed by atoms with Crippen LogP contribution in [-0.2, 0) is 44.2 Å². The fourth-order valence-corrected chi connectivity index (χ4v) is 9.80. The van der Waals surface area contributed by atoms with Crippen molar-refractivity contribution in [1.82, 2.24) is 19.9 Å². The molecule has 0 atom stereocenters. The van der Waals surface area contributed by atoms with Crippen LogP contribution in [0, 0.1) is 73.1 Å². The van der Waals surface area contributed by atoms with E-state index in [0.717, 1.165) is 86.7 Å². The maximum Gasteiger partial charge on any atom is 1.00 e. The molecule has 12 rings (SSSR count). The molecule has 0 unspecified atom stereocenters. The molecule has 12 aromatic rings. The smallest absolute Gasteiger partial charge is 1.00 e. The van der Waals surface area contributed by atoms with Crippen molar-refractivity contribution >= 4 is 133 Å². The molecule has 473 valence electrons. The second-order valence-electron chi connectivity index (χ2n) is 25.6. The minimum atomic E-state index is -1.00. The molecule has 0 saturated heterocycles. The van der Waals surface area contributed by atoms with E-state index in [2.05, 4.69) is 102 Å². The molecule has 1 N–H and O–H groups in total. The summed E-state index contributed by atoms with van der Waals surface area (Å²) < 4.78 is 15.5. The van der Waals surface area contributed by atoms with Gasteiger partial charge in [0.1, 0.15) is 41.6 Å². The third-order valence-electron chi connectivity index (χ3n) is 15.1. The molecule has 1 radical (unpaired) electrons. The Hall–Kier alpha value is -8.52. The zero-order chi connectivity index (χ0) is 68.3. The van der Waals surface area contributed by atoms with Gasteiger partial charge in [-0.25, -0.2) is 9.97 Å². The second-order valence-corrected chi connectivity index (χ2v) is 25.6. The van der Waals surface area contributed by atoms with Gasteiger partial charge in [0.15, 0.2) is 5.78 Å². The van der Waals surface area contributed by atoms with E-state index in [1.165, 1.54) is 6.08 Å². The van der Waals surface area contributed by atoms with Crippen molar-refractivity contribution in [1.29, 1.82) is 21.0 Å². The Kier molecular flexibility index (Phi) is 27.0. The molecule has 15 nitrogen and oxygen atoms in total. The minimum Gasteiger partial charge on any atom is -1.00 e. The summed E-state index contributed by atoms with van der Waals surface area (Å²) in [4.78, 5) is 65.5. The van der Waals surface area contributed by atoms with Crippen molar-refractivity contribution < 1.29 is 121 Å². The first-order valence-electron chi connectivity index (χ1n) is 29.8. The van der Waals surface area contributed by atoms with Crippen molar-refractivity contribution in [2.75, 3.05) is 7.15 Å². The molecule has 19 heteroatoms. The van der Waals surface area contributed by atoms with E-state index in [1.807, 2.05) is 132 Å². The largest absolute Gasteiger partial charge is 1.00 e. The number of benzene rings is 10. The number of nitrogens with zero attached hydrogens (tertiary/aromatic N) is 8. The van der Waals surface area contributed by atoms with E-state index in [4.69, 9.17) is 31.4 Å². The zero-order valence-electron chi connectivity index (χ0n) is 57.5. The molecule has 0 bridgehead atoms. The van der Waals surface area contributed by atoms with Gasteiger partial charge in [0.05, 0.1) is 75.8 Å². The maximum atomic E-state index is 11.5. The molecule has 95 heavy (non-hydrogen) atoms. The number of nitriles is 4. The van der Waals surface area contributed by atoms with Crippen LogP contribution in [0.1, 0.15) is 115 Å². The van der Waals surface area contributed by atoms with Crippen molar-refractivity contribution in [2.45, 2.75) is 89.5 Å². The molecular formula is C76H68FIrN8Na2O7-. The minimum absolute atomic E-state index is 0. The standard InChI is InChI=1S/C26H12N4.C26H11N4.2C11H20O2.CH3F.CH2O3.Ir.2Na.H/c2*27-13-16-11-22-23(12-17(16)14-28)30-26-24-18-6-2-1-5-15(18)9-10-20(24)19-7-3-4-8-21(19)25(26)29-22;2*1-10(2,3)8(12)7-9(13)11(4,5)6;1-2;2-1-4-3;;;;/h1-12H;1-7,9-12H;7H2,1-6H3;7,12H,1-6H3;1H3;1,3H;;;;/q;-1;;;;;;2*+1;-1/p-1/i;;;;1D;;;;;. The summed E-state index contributed by atoms with van der Waals surface area (Å²) in [5, 5.41) is 68.5. The van der Waals surface area contributed by atoms with Gasteiger partial charge < -0.3 is 16.7 Å². The molecule has 0 spiro atoms. The third kappa shape index (κ3) is 17.9. The summed E-state index contributed by atoms with van der Waals surface area (Å²) in [6, 6.07) is 57.4. The number of carbonyl (C=O) groups excluding carboxylic acids is 4. The van der Waals surface area contributed by atoms with Crippen LogP contribution in [0.2, 0.25) is 0 Å². The molecule has 0 aliphatic heterocycles. The van der Waals surface area contributed by atoms with Crippen LogP contribution < -0.4 is 64.4 Å². The van der Waals surface area contributed by atoms with E-state index in [0.29, 0.717) is 44.3 Å². The number of rotatable bonds is 4. The van der Waals surface area contributed by atoms with Gasteiger partial charge in [-0.05, 0) is 62.0 Å². The number of aliphatic hydroxyl groups is 1. The van der Waals surface area contributed by atoms with Crippen molar-refractivity contribution in [3.8, 4) is 24.3 Å². The number of hydrogen-bond donors (Lipinski definition) is 1. The van der Waals surface area contributed by atoms with Crippen LogP contribution in [0.25, 0.3) is 109 Å². The van der Waals surface area contributed by atoms with Gasteiger partial charge >= 0.3 is 59.1 Å². The average Bonchev–Trinajstić information content (AvgIpc) is 0.731. The number of halogens is 1. The Balaban J connectivity index is 0.000000343. The summed E-state index contributed by atoms with van der Waals surface area (Å²) in [6.07, 6.45) is 1.40. The van der Waals surface area contributed by atoms with E-state index in [-0.39, 0.29) is 122 Å². The molecule has 2 aromatic heterocycles. The van der Waals surface area contributed by atoms with E-state index >= 15 is 0 Å². The number of aliphatic hydroxyl groups excluding tert-OH is 1. The number of Topliss-reactive ketones (excluding diaryl/α,β-unsaturated/α-hetero) is 2. The normalized spacial score (nSPS) is 11.3. The van der Waals surface area contributed by atoms with E-state index in [1.54, 1.807) is 24.3 Å². The predicted octanol–water partition coefficient (Wildman–Crippen LogP) is 10.6. The number of alkyl halides is 1. The molecule has 0 saturated carbocycles. The van der Waals surface area contributed by atoms with Crippen LogP contribution in [0.15, 0.2) is 151 Å². The topological polar surface area (TPSA) is 268 Å². The van der Waals surface area contributed by atoms with Crippen molar-refractivity contribution in [3.63, 3.8) is 0 Å². The van der Waals surface area contributed by atoms with Gasteiger partial charge in [0.25, 0.3) is 6.47 Å². The number of aromatic nitrogens is 4. The van der Waals surface area contributed by atoms with Gasteiger partial charge in [-0.15, -0.1) is 29.7 Å². The quantitative estimate of drug-likeness (QED) is 0.0164. The van der Waals surface area contributed by atoms with Crippen molar-refractivity contribution in [2.24, 2.45) is 21.7 Å². The fourth-order valence-electron chi connectivity index (χ4n) is 9.80. The molecule has 2 heterocycles. The van der Waals surface area contributed by atoms with Crippen LogP contribution >= 0.6 is 0 Å².